The van der Waals surface area contributed by atoms with Crippen LogP contribution in [0.25, 0.3) is 0 Å². The number of guanidine groups is 1. The number of nitrogens with one attached hydrogen (secondary N) is 1. The Bertz CT molecular complexity index is 918. The van der Waals surface area contributed by atoms with E-state index < -0.39 is 0 Å². The molecule has 0 saturated carbocycles. The van der Waals surface area contributed by atoms with Gasteiger partial charge in [-0.3, -0.25) is 4.79 Å². The number of aliphatic imine (C=N–C) groups is 1. The minimum absolute atomic E-state index is 0.137. The van der Waals surface area contributed by atoms with Crippen LogP contribution in [0.3, 0.4) is 0 Å². The molecule has 9 heteroatoms. The van der Waals surface area contributed by atoms with Gasteiger partial charge in [0.05, 0.1) is 6.42 Å². The van der Waals surface area contributed by atoms with Crippen molar-refractivity contribution in [3.05, 3.63) is 46.5 Å². The highest BCUT2D eigenvalue weighted by molar-refractivity contribution is 6.30. The third-order valence-corrected chi connectivity index (χ3v) is 5.80. The number of nitrogens with zero attached hydrogens (tertiary/aromatic N) is 6. The van der Waals surface area contributed by atoms with Crippen molar-refractivity contribution in [1.29, 1.82) is 0 Å². The van der Waals surface area contributed by atoms with Crippen LogP contribution < -0.4 is 5.32 Å². The molecule has 1 aromatic carbocycles. The first-order chi connectivity index (χ1) is 14.6. The SMILES string of the molecule is CCNC(=NCc1nnc2n1CCC2)N1CCN(C(=O)Cc2cccc(Cl)c2)CC1. The summed E-state index contributed by atoms with van der Waals surface area (Å²) in [7, 11) is 0. The van der Waals surface area contributed by atoms with Crippen LogP contribution in [0.15, 0.2) is 29.3 Å². The molecule has 160 valence electrons. The minimum Gasteiger partial charge on any atom is -0.357 e. The van der Waals surface area contributed by atoms with E-state index in [-0.39, 0.29) is 5.91 Å². The molecule has 4 rings (SSSR count). The fraction of sp³-hybridized carbons (Fsp3) is 0.524. The maximum Gasteiger partial charge on any atom is 0.227 e. The Morgan fingerprint density at radius 2 is 1.97 bits per heavy atom. The molecule has 8 nitrogen and oxygen atoms in total. The first kappa shape index (κ1) is 20.7. The molecular formula is C21H28ClN7O. The number of benzene rings is 1. The van der Waals surface area contributed by atoms with Crippen molar-refractivity contribution in [2.45, 2.75) is 39.3 Å². The Balaban J connectivity index is 1.34. The van der Waals surface area contributed by atoms with Gasteiger partial charge < -0.3 is 19.7 Å². The normalized spacial score (nSPS) is 16.7. The predicted molar refractivity (Wildman–Crippen MR) is 116 cm³/mol. The predicted octanol–water partition coefficient (Wildman–Crippen LogP) is 1.73. The van der Waals surface area contributed by atoms with Crippen LogP contribution in [0, 0.1) is 0 Å². The molecule has 1 fully saturated rings. The number of rotatable bonds is 5. The lowest BCUT2D eigenvalue weighted by Crippen LogP contribution is -2.54. The highest BCUT2D eigenvalue weighted by Crippen LogP contribution is 2.15. The summed E-state index contributed by atoms with van der Waals surface area (Å²) in [6.45, 7) is 7.24. The van der Waals surface area contributed by atoms with E-state index >= 15 is 0 Å². The Kier molecular flexibility index (Phi) is 6.52. The zero-order valence-electron chi connectivity index (χ0n) is 17.3. The van der Waals surface area contributed by atoms with E-state index in [9.17, 15) is 4.79 Å². The number of halogens is 1. The molecule has 2 aliphatic rings. The van der Waals surface area contributed by atoms with Crippen LogP contribution >= 0.6 is 11.6 Å². The summed E-state index contributed by atoms with van der Waals surface area (Å²) in [5.74, 6) is 3.00. The van der Waals surface area contributed by atoms with E-state index in [4.69, 9.17) is 16.6 Å². The van der Waals surface area contributed by atoms with Gasteiger partial charge in [0.2, 0.25) is 5.91 Å². The average Bonchev–Trinajstić information content (AvgIpc) is 3.36. The molecular weight excluding hydrogens is 402 g/mol. The number of aryl methyl sites for hydroxylation is 1. The molecule has 0 unspecified atom stereocenters. The van der Waals surface area contributed by atoms with Crippen LogP contribution in [-0.2, 0) is 30.7 Å². The van der Waals surface area contributed by atoms with Crippen molar-refractivity contribution in [3.63, 3.8) is 0 Å². The fourth-order valence-corrected chi connectivity index (χ4v) is 4.21. The highest BCUT2D eigenvalue weighted by atomic mass is 35.5. The number of carbonyl (C=O) groups excluding carboxylic acids is 1. The van der Waals surface area contributed by atoms with Gasteiger partial charge in [0.1, 0.15) is 12.4 Å². The van der Waals surface area contributed by atoms with Gasteiger partial charge in [0.15, 0.2) is 11.8 Å². The smallest absolute Gasteiger partial charge is 0.227 e. The molecule has 1 saturated heterocycles. The number of aromatic nitrogens is 3. The van der Waals surface area contributed by atoms with Crippen LogP contribution in [0.2, 0.25) is 5.02 Å². The van der Waals surface area contributed by atoms with Crippen LogP contribution in [-0.4, -0.2) is 69.2 Å². The monoisotopic (exact) mass is 429 g/mol. The molecule has 0 aliphatic carbocycles. The lowest BCUT2D eigenvalue weighted by Gasteiger charge is -2.36. The van der Waals surface area contributed by atoms with Crippen molar-refractivity contribution >= 4 is 23.5 Å². The Morgan fingerprint density at radius 3 is 2.73 bits per heavy atom. The lowest BCUT2D eigenvalue weighted by atomic mass is 10.1. The van der Waals surface area contributed by atoms with E-state index in [0.717, 1.165) is 62.2 Å². The van der Waals surface area contributed by atoms with E-state index in [2.05, 4.69) is 31.9 Å². The molecule has 0 radical (unpaired) electrons. The average molecular weight is 430 g/mol. The van der Waals surface area contributed by atoms with Crippen molar-refractivity contribution in [1.82, 2.24) is 29.9 Å². The van der Waals surface area contributed by atoms with Crippen LogP contribution in [0.4, 0.5) is 0 Å². The standard InChI is InChI=1S/C21H28ClN7O/c1-2-23-21(24-15-19-26-25-18-7-4-8-29(18)19)28-11-9-27(10-12-28)20(30)14-16-5-3-6-17(22)13-16/h3,5-6,13H,2,4,7-12,14-15H2,1H3,(H,23,24). The number of amides is 1. The van der Waals surface area contributed by atoms with Crippen molar-refractivity contribution in [2.75, 3.05) is 32.7 Å². The van der Waals surface area contributed by atoms with Gasteiger partial charge in [0, 0.05) is 50.7 Å². The number of carbonyl (C=O) groups is 1. The maximum absolute atomic E-state index is 12.7. The first-order valence-corrected chi connectivity index (χ1v) is 11.0. The van der Waals surface area contributed by atoms with Gasteiger partial charge in [-0.15, -0.1) is 10.2 Å². The number of hydrogen-bond acceptors (Lipinski definition) is 4. The summed E-state index contributed by atoms with van der Waals surface area (Å²) in [5, 5.41) is 12.6. The van der Waals surface area contributed by atoms with E-state index in [1.54, 1.807) is 0 Å². The number of piperazine rings is 1. The van der Waals surface area contributed by atoms with E-state index in [1.807, 2.05) is 29.2 Å². The summed E-state index contributed by atoms with van der Waals surface area (Å²) >= 11 is 6.03. The van der Waals surface area contributed by atoms with E-state index in [0.29, 0.717) is 31.1 Å². The second-order valence-electron chi connectivity index (χ2n) is 7.63. The molecule has 30 heavy (non-hydrogen) atoms. The topological polar surface area (TPSA) is 78.7 Å². The molecule has 0 atom stereocenters. The zero-order chi connectivity index (χ0) is 20.9. The molecule has 1 amide bonds. The Hall–Kier alpha value is -2.61. The molecule has 0 bridgehead atoms. The zero-order valence-corrected chi connectivity index (χ0v) is 18.1. The number of hydrogen-bond donors (Lipinski definition) is 1. The summed E-state index contributed by atoms with van der Waals surface area (Å²) in [5.41, 5.74) is 0.950. The van der Waals surface area contributed by atoms with Crippen LogP contribution in [0.1, 0.15) is 30.6 Å². The summed E-state index contributed by atoms with van der Waals surface area (Å²) in [6, 6.07) is 7.50. The summed E-state index contributed by atoms with van der Waals surface area (Å²) < 4.78 is 2.18. The minimum atomic E-state index is 0.137. The van der Waals surface area contributed by atoms with Gasteiger partial charge in [-0.2, -0.15) is 0 Å². The molecule has 0 spiro atoms. The Morgan fingerprint density at radius 1 is 1.17 bits per heavy atom. The fourth-order valence-electron chi connectivity index (χ4n) is 4.00. The third kappa shape index (κ3) is 4.75. The summed E-state index contributed by atoms with van der Waals surface area (Å²) in [4.78, 5) is 21.6. The van der Waals surface area contributed by atoms with Gasteiger partial charge in [-0.25, -0.2) is 4.99 Å². The number of fused-ring (bicyclic) bond motifs is 1. The Labute approximate surface area is 181 Å². The third-order valence-electron chi connectivity index (χ3n) is 5.57. The van der Waals surface area contributed by atoms with Crippen molar-refractivity contribution in [3.8, 4) is 0 Å². The first-order valence-electron chi connectivity index (χ1n) is 10.6. The van der Waals surface area contributed by atoms with Gasteiger partial charge in [-0.05, 0) is 31.0 Å². The second kappa shape index (κ2) is 9.47. The lowest BCUT2D eigenvalue weighted by molar-refractivity contribution is -0.131. The largest absolute Gasteiger partial charge is 0.357 e. The highest BCUT2D eigenvalue weighted by Gasteiger charge is 2.23. The molecule has 1 aromatic heterocycles. The molecule has 2 aliphatic heterocycles. The molecule has 3 heterocycles. The van der Waals surface area contributed by atoms with Crippen molar-refractivity contribution < 1.29 is 4.79 Å². The van der Waals surface area contributed by atoms with Crippen molar-refractivity contribution in [2.24, 2.45) is 4.99 Å². The van der Waals surface area contributed by atoms with Gasteiger partial charge in [-0.1, -0.05) is 23.7 Å². The second-order valence-corrected chi connectivity index (χ2v) is 8.07. The quantitative estimate of drug-likeness (QED) is 0.578. The van der Waals surface area contributed by atoms with Gasteiger partial charge >= 0.3 is 0 Å². The maximum atomic E-state index is 12.7. The van der Waals surface area contributed by atoms with Gasteiger partial charge in [0.25, 0.3) is 0 Å². The summed E-state index contributed by atoms with van der Waals surface area (Å²) in [6.07, 6.45) is 2.52. The molecule has 1 N–H and O–H groups in total. The molecule has 2 aromatic rings. The van der Waals surface area contributed by atoms with E-state index in [1.165, 1.54) is 0 Å². The van der Waals surface area contributed by atoms with Crippen LogP contribution in [0.5, 0.6) is 0 Å².